The van der Waals surface area contributed by atoms with E-state index in [1.165, 1.54) is 6.42 Å². The second-order valence-electron chi connectivity index (χ2n) is 5.63. The van der Waals surface area contributed by atoms with Crippen molar-refractivity contribution >= 4 is 11.6 Å². The summed E-state index contributed by atoms with van der Waals surface area (Å²) < 4.78 is 0. The van der Waals surface area contributed by atoms with Crippen molar-refractivity contribution in [1.82, 2.24) is 0 Å². The van der Waals surface area contributed by atoms with Crippen molar-refractivity contribution in [2.45, 2.75) is 6.42 Å². The van der Waals surface area contributed by atoms with Gasteiger partial charge in [-0.3, -0.25) is 9.59 Å². The van der Waals surface area contributed by atoms with Gasteiger partial charge < -0.3 is 0 Å². The average molecular weight is 174 g/mol. The molecule has 5 aliphatic rings. The van der Waals surface area contributed by atoms with E-state index in [2.05, 4.69) is 0 Å². The lowest BCUT2D eigenvalue weighted by Gasteiger charge is -2.42. The molecule has 0 aliphatic heterocycles. The Morgan fingerprint density at radius 1 is 0.769 bits per heavy atom. The molecule has 0 amide bonds. The standard InChI is InChI=1S/C11H10O2/c12-10-6-2-1-3-5-4(2)8(10)9(5)11(13)7(3)6/h2-9H,1H2/t2-,3?,4-,5?,6+,7?,8+,9?/m1/s1. The number of carbonyl (C=O) groups excluding carboxylic acids is 2. The van der Waals surface area contributed by atoms with E-state index in [4.69, 9.17) is 0 Å². The minimum Gasteiger partial charge on any atom is -0.299 e. The highest BCUT2D eigenvalue weighted by Crippen LogP contribution is 2.80. The van der Waals surface area contributed by atoms with Gasteiger partial charge in [0.15, 0.2) is 0 Å². The van der Waals surface area contributed by atoms with E-state index >= 15 is 0 Å². The lowest BCUT2D eigenvalue weighted by molar-refractivity contribution is -0.145. The van der Waals surface area contributed by atoms with Gasteiger partial charge in [-0.1, -0.05) is 0 Å². The first-order valence-electron chi connectivity index (χ1n) is 5.38. The van der Waals surface area contributed by atoms with E-state index in [0.29, 0.717) is 35.2 Å². The van der Waals surface area contributed by atoms with Crippen LogP contribution < -0.4 is 0 Å². The molecular formula is C11H10O2. The quantitative estimate of drug-likeness (QED) is 0.536. The monoisotopic (exact) mass is 174 g/mol. The van der Waals surface area contributed by atoms with E-state index in [0.717, 1.165) is 0 Å². The molecule has 5 aliphatic carbocycles. The van der Waals surface area contributed by atoms with Crippen molar-refractivity contribution in [3.05, 3.63) is 0 Å². The first-order valence-corrected chi connectivity index (χ1v) is 5.38. The van der Waals surface area contributed by atoms with Gasteiger partial charge in [0, 0.05) is 23.7 Å². The smallest absolute Gasteiger partial charge is 0.141 e. The van der Waals surface area contributed by atoms with E-state index in [1.54, 1.807) is 0 Å². The lowest BCUT2D eigenvalue weighted by atomic mass is 9.59. The van der Waals surface area contributed by atoms with Gasteiger partial charge in [-0.15, -0.1) is 0 Å². The van der Waals surface area contributed by atoms with Crippen LogP contribution in [0.5, 0.6) is 0 Å². The molecule has 0 aromatic heterocycles. The Kier molecular flexibility index (Phi) is 0.602. The summed E-state index contributed by atoms with van der Waals surface area (Å²) >= 11 is 0. The number of fused-ring (bicyclic) bond motifs is 2. The fourth-order valence-corrected chi connectivity index (χ4v) is 5.80. The van der Waals surface area contributed by atoms with Crippen molar-refractivity contribution in [2.75, 3.05) is 0 Å². The highest BCUT2D eigenvalue weighted by Gasteiger charge is 2.84. The van der Waals surface area contributed by atoms with E-state index in [9.17, 15) is 9.59 Å². The van der Waals surface area contributed by atoms with Crippen LogP contribution in [-0.2, 0) is 9.59 Å². The molecule has 5 fully saturated rings. The predicted octanol–water partition coefficient (Wildman–Crippen LogP) is 0.512. The maximum absolute atomic E-state index is 11.9. The van der Waals surface area contributed by atoms with Crippen molar-refractivity contribution in [2.24, 2.45) is 47.3 Å². The predicted molar refractivity (Wildman–Crippen MR) is 42.6 cm³/mol. The van der Waals surface area contributed by atoms with Crippen LogP contribution in [0.4, 0.5) is 0 Å². The third kappa shape index (κ3) is 0.323. The number of ketones is 2. The summed E-state index contributed by atoms with van der Waals surface area (Å²) in [7, 11) is 0. The number of carbonyl (C=O) groups is 2. The van der Waals surface area contributed by atoms with E-state index in [-0.39, 0.29) is 23.7 Å². The van der Waals surface area contributed by atoms with Crippen LogP contribution in [0, 0.1) is 47.3 Å². The summed E-state index contributed by atoms with van der Waals surface area (Å²) in [6.45, 7) is 0. The summed E-state index contributed by atoms with van der Waals surface area (Å²) in [6.07, 6.45) is 1.22. The summed E-state index contributed by atoms with van der Waals surface area (Å²) in [5.41, 5.74) is 0. The number of hydrogen-bond acceptors (Lipinski definition) is 2. The minimum absolute atomic E-state index is 0.211. The zero-order valence-electron chi connectivity index (χ0n) is 7.14. The summed E-state index contributed by atoms with van der Waals surface area (Å²) in [4.78, 5) is 23.8. The van der Waals surface area contributed by atoms with Crippen LogP contribution in [0.25, 0.3) is 0 Å². The number of Topliss-reactive ketones (excluding diaryl/α,β-unsaturated/α-hetero) is 2. The van der Waals surface area contributed by atoms with E-state index in [1.807, 2.05) is 0 Å². The third-order valence-corrected chi connectivity index (χ3v) is 5.82. The fourth-order valence-electron chi connectivity index (χ4n) is 5.80. The molecule has 5 saturated carbocycles. The Morgan fingerprint density at radius 3 is 1.69 bits per heavy atom. The Bertz CT molecular complexity index is 346. The maximum Gasteiger partial charge on any atom is 0.141 e. The number of rotatable bonds is 0. The minimum atomic E-state index is 0.211. The van der Waals surface area contributed by atoms with Gasteiger partial charge in [-0.25, -0.2) is 0 Å². The molecule has 4 unspecified atom stereocenters. The highest BCUT2D eigenvalue weighted by molar-refractivity contribution is 6.06. The molecule has 66 valence electrons. The molecule has 0 heterocycles. The molecule has 0 radical (unpaired) electrons. The van der Waals surface area contributed by atoms with Gasteiger partial charge >= 0.3 is 0 Å². The number of hydrogen-bond donors (Lipinski definition) is 0. The Balaban J connectivity index is 1.92. The molecule has 2 heteroatoms. The van der Waals surface area contributed by atoms with E-state index < -0.39 is 0 Å². The van der Waals surface area contributed by atoms with Gasteiger partial charge in [0.1, 0.15) is 11.6 Å². The largest absolute Gasteiger partial charge is 0.299 e. The van der Waals surface area contributed by atoms with Crippen LogP contribution in [0.15, 0.2) is 0 Å². The van der Waals surface area contributed by atoms with Crippen LogP contribution in [0.1, 0.15) is 6.42 Å². The topological polar surface area (TPSA) is 34.1 Å². The zero-order valence-corrected chi connectivity index (χ0v) is 7.14. The zero-order chi connectivity index (χ0) is 8.48. The normalized spacial score (nSPS) is 74.2. The summed E-state index contributed by atoms with van der Waals surface area (Å²) in [5, 5.41) is 0. The second kappa shape index (κ2) is 1.32. The molecule has 0 saturated heterocycles. The SMILES string of the molecule is O=C1C2C3C[C@@H]4[C@@H]5C3C1[C@H]5C(=O)[C@H]24. The van der Waals surface area contributed by atoms with Gasteiger partial charge in [-0.05, 0) is 30.1 Å². The van der Waals surface area contributed by atoms with Crippen molar-refractivity contribution in [1.29, 1.82) is 0 Å². The molecule has 2 nitrogen and oxygen atoms in total. The first-order chi connectivity index (χ1) is 6.30. The Morgan fingerprint density at radius 2 is 1.23 bits per heavy atom. The Hall–Kier alpha value is -0.660. The molecule has 0 spiro atoms. The Labute approximate surface area is 75.7 Å². The summed E-state index contributed by atoms with van der Waals surface area (Å²) in [5.74, 6) is 4.49. The molecule has 0 aromatic carbocycles. The van der Waals surface area contributed by atoms with Crippen LogP contribution >= 0.6 is 0 Å². The van der Waals surface area contributed by atoms with Gasteiger partial charge in [0.05, 0.1) is 0 Å². The highest BCUT2D eigenvalue weighted by atomic mass is 16.1. The van der Waals surface area contributed by atoms with Gasteiger partial charge in [0.25, 0.3) is 0 Å². The molecule has 2 bridgehead atoms. The summed E-state index contributed by atoms with van der Waals surface area (Å²) in [6, 6.07) is 0. The maximum atomic E-state index is 11.9. The fraction of sp³-hybridized carbons (Fsp3) is 0.818. The second-order valence-corrected chi connectivity index (χ2v) is 5.63. The van der Waals surface area contributed by atoms with Crippen molar-refractivity contribution in [3.63, 3.8) is 0 Å². The van der Waals surface area contributed by atoms with Crippen LogP contribution in [0.3, 0.4) is 0 Å². The molecular weight excluding hydrogens is 164 g/mol. The first kappa shape index (κ1) is 5.94. The van der Waals surface area contributed by atoms with Gasteiger partial charge in [-0.2, -0.15) is 0 Å². The van der Waals surface area contributed by atoms with Crippen molar-refractivity contribution < 1.29 is 9.59 Å². The molecule has 0 N–H and O–H groups in total. The average Bonchev–Trinajstić information content (AvgIpc) is 2.52. The van der Waals surface area contributed by atoms with Crippen molar-refractivity contribution in [3.8, 4) is 0 Å². The molecule has 13 heavy (non-hydrogen) atoms. The lowest BCUT2D eigenvalue weighted by Crippen LogP contribution is -2.47. The molecule has 5 rings (SSSR count). The van der Waals surface area contributed by atoms with Crippen LogP contribution in [0.2, 0.25) is 0 Å². The molecule has 8 atom stereocenters. The third-order valence-electron chi connectivity index (χ3n) is 5.82. The van der Waals surface area contributed by atoms with Gasteiger partial charge in [0.2, 0.25) is 0 Å². The van der Waals surface area contributed by atoms with Crippen LogP contribution in [-0.4, -0.2) is 11.6 Å². The molecule has 0 aromatic rings.